The molecule has 2 rings (SSSR count). The van der Waals surface area contributed by atoms with E-state index in [1.54, 1.807) is 7.11 Å². The topological polar surface area (TPSA) is 68.8 Å². The van der Waals surface area contributed by atoms with Gasteiger partial charge in [-0.15, -0.1) is 0 Å². The fraction of sp³-hybridized carbons (Fsp3) is 0.533. The van der Waals surface area contributed by atoms with Crippen molar-refractivity contribution in [3.63, 3.8) is 0 Å². The van der Waals surface area contributed by atoms with Crippen LogP contribution < -0.4 is 20.1 Å². The first-order chi connectivity index (χ1) is 10.2. The van der Waals surface area contributed by atoms with Crippen molar-refractivity contribution >= 4 is 5.91 Å². The molecule has 0 aromatic heterocycles. The van der Waals surface area contributed by atoms with Crippen LogP contribution in [0, 0.1) is 0 Å². The zero-order valence-electron chi connectivity index (χ0n) is 12.5. The zero-order valence-corrected chi connectivity index (χ0v) is 12.5. The second-order valence-electron chi connectivity index (χ2n) is 4.93. The van der Waals surface area contributed by atoms with E-state index in [1.807, 2.05) is 25.1 Å². The van der Waals surface area contributed by atoms with E-state index in [0.717, 1.165) is 23.5 Å². The number of hydrogen-bond donors (Lipinski definition) is 2. The molecule has 116 valence electrons. The van der Waals surface area contributed by atoms with Gasteiger partial charge >= 0.3 is 0 Å². The van der Waals surface area contributed by atoms with Crippen LogP contribution in [0.25, 0.3) is 0 Å². The summed E-state index contributed by atoms with van der Waals surface area (Å²) in [6.07, 6.45) is 0.817. The monoisotopic (exact) mass is 294 g/mol. The summed E-state index contributed by atoms with van der Waals surface area (Å²) in [6.45, 7) is 4.00. The quantitative estimate of drug-likeness (QED) is 0.701. The fourth-order valence-electron chi connectivity index (χ4n) is 2.00. The predicted molar refractivity (Wildman–Crippen MR) is 78.4 cm³/mol. The molecule has 1 aliphatic heterocycles. The molecule has 1 unspecified atom stereocenters. The molecule has 1 amide bonds. The lowest BCUT2D eigenvalue weighted by Gasteiger charge is -2.14. The van der Waals surface area contributed by atoms with Gasteiger partial charge in [-0.3, -0.25) is 4.79 Å². The molecule has 0 bridgehead atoms. The molecule has 0 spiro atoms. The summed E-state index contributed by atoms with van der Waals surface area (Å²) >= 11 is 0. The molecule has 1 heterocycles. The Hall–Kier alpha value is -1.79. The molecular formula is C15H22N2O4. The molecule has 0 saturated carbocycles. The van der Waals surface area contributed by atoms with E-state index in [0.29, 0.717) is 19.7 Å². The van der Waals surface area contributed by atoms with Gasteiger partial charge in [-0.2, -0.15) is 0 Å². The highest BCUT2D eigenvalue weighted by atomic mass is 16.7. The second kappa shape index (κ2) is 7.85. The van der Waals surface area contributed by atoms with Gasteiger partial charge in [-0.1, -0.05) is 6.07 Å². The SMILES string of the molecule is COCCCNC(=O)C(C)NCc1ccc2c(c1)OCO2. The van der Waals surface area contributed by atoms with Gasteiger partial charge in [0.15, 0.2) is 11.5 Å². The maximum Gasteiger partial charge on any atom is 0.236 e. The summed E-state index contributed by atoms with van der Waals surface area (Å²) < 4.78 is 15.5. The first-order valence-corrected chi connectivity index (χ1v) is 7.09. The smallest absolute Gasteiger partial charge is 0.236 e. The van der Waals surface area contributed by atoms with Gasteiger partial charge in [0.2, 0.25) is 12.7 Å². The average Bonchev–Trinajstić information content (AvgIpc) is 2.96. The number of carbonyl (C=O) groups excluding carboxylic acids is 1. The molecule has 1 aromatic carbocycles. The molecule has 1 aromatic rings. The number of hydrogen-bond acceptors (Lipinski definition) is 5. The summed E-state index contributed by atoms with van der Waals surface area (Å²) in [4.78, 5) is 11.9. The minimum atomic E-state index is -0.252. The maximum atomic E-state index is 11.9. The van der Waals surface area contributed by atoms with Crippen molar-refractivity contribution in [3.8, 4) is 11.5 Å². The van der Waals surface area contributed by atoms with Crippen molar-refractivity contribution in [2.24, 2.45) is 0 Å². The number of nitrogens with one attached hydrogen (secondary N) is 2. The van der Waals surface area contributed by atoms with Crippen LogP contribution in [-0.4, -0.2) is 39.0 Å². The average molecular weight is 294 g/mol. The van der Waals surface area contributed by atoms with E-state index in [4.69, 9.17) is 14.2 Å². The first-order valence-electron chi connectivity index (χ1n) is 7.09. The molecule has 6 heteroatoms. The Balaban J connectivity index is 1.73. The normalized spacial score (nSPS) is 14.0. The van der Waals surface area contributed by atoms with Crippen molar-refractivity contribution < 1.29 is 19.0 Å². The fourth-order valence-corrected chi connectivity index (χ4v) is 2.00. The van der Waals surface area contributed by atoms with E-state index >= 15 is 0 Å². The number of amides is 1. The number of rotatable bonds is 8. The minimum Gasteiger partial charge on any atom is -0.454 e. The molecule has 0 aliphatic carbocycles. The summed E-state index contributed by atoms with van der Waals surface area (Å²) in [5.41, 5.74) is 1.05. The van der Waals surface area contributed by atoms with E-state index in [9.17, 15) is 4.79 Å². The van der Waals surface area contributed by atoms with Gasteiger partial charge < -0.3 is 24.8 Å². The van der Waals surface area contributed by atoms with Gasteiger partial charge in [-0.25, -0.2) is 0 Å². The Morgan fingerprint density at radius 1 is 1.38 bits per heavy atom. The molecule has 0 fully saturated rings. The standard InChI is InChI=1S/C15H22N2O4/c1-11(15(18)16-6-3-7-19-2)17-9-12-4-5-13-14(8-12)21-10-20-13/h4-5,8,11,17H,3,6-7,9-10H2,1-2H3,(H,16,18). The van der Waals surface area contributed by atoms with Crippen LogP contribution in [0.15, 0.2) is 18.2 Å². The van der Waals surface area contributed by atoms with E-state index in [2.05, 4.69) is 10.6 Å². The van der Waals surface area contributed by atoms with Crippen LogP contribution in [0.2, 0.25) is 0 Å². The highest BCUT2D eigenvalue weighted by molar-refractivity contribution is 5.81. The molecule has 1 aliphatic rings. The number of methoxy groups -OCH3 is 1. The van der Waals surface area contributed by atoms with E-state index < -0.39 is 0 Å². The lowest BCUT2D eigenvalue weighted by Crippen LogP contribution is -2.42. The first kappa shape index (κ1) is 15.6. The Labute approximate surface area is 124 Å². The Morgan fingerprint density at radius 2 is 2.19 bits per heavy atom. The second-order valence-corrected chi connectivity index (χ2v) is 4.93. The van der Waals surface area contributed by atoms with Crippen LogP contribution in [0.3, 0.4) is 0 Å². The van der Waals surface area contributed by atoms with Crippen LogP contribution in [0.1, 0.15) is 18.9 Å². The molecule has 0 saturated heterocycles. The Kier molecular flexibility index (Phi) is 5.83. The Morgan fingerprint density at radius 3 is 3.00 bits per heavy atom. The summed E-state index contributed by atoms with van der Waals surface area (Å²) in [5.74, 6) is 1.51. The van der Waals surface area contributed by atoms with Crippen LogP contribution in [-0.2, 0) is 16.1 Å². The van der Waals surface area contributed by atoms with Gasteiger partial charge in [0.1, 0.15) is 0 Å². The van der Waals surface area contributed by atoms with Crippen molar-refractivity contribution in [3.05, 3.63) is 23.8 Å². The van der Waals surface area contributed by atoms with Crippen molar-refractivity contribution in [1.82, 2.24) is 10.6 Å². The third kappa shape index (κ3) is 4.61. The van der Waals surface area contributed by atoms with E-state index in [-0.39, 0.29) is 18.7 Å². The van der Waals surface area contributed by atoms with Crippen molar-refractivity contribution in [2.45, 2.75) is 25.9 Å². The van der Waals surface area contributed by atoms with Crippen LogP contribution >= 0.6 is 0 Å². The summed E-state index contributed by atoms with van der Waals surface area (Å²) in [6, 6.07) is 5.52. The highest BCUT2D eigenvalue weighted by Crippen LogP contribution is 2.32. The van der Waals surface area contributed by atoms with Gasteiger partial charge in [0, 0.05) is 26.8 Å². The van der Waals surface area contributed by atoms with Crippen molar-refractivity contribution in [2.75, 3.05) is 27.1 Å². The number of ether oxygens (including phenoxy) is 3. The lowest BCUT2D eigenvalue weighted by atomic mass is 10.2. The third-order valence-corrected chi connectivity index (χ3v) is 3.27. The summed E-state index contributed by atoms with van der Waals surface area (Å²) in [5, 5.41) is 6.06. The molecule has 1 atom stereocenters. The lowest BCUT2D eigenvalue weighted by molar-refractivity contribution is -0.122. The predicted octanol–water partition coefficient (Wildman–Crippen LogP) is 1.05. The minimum absolute atomic E-state index is 0.00755. The molecule has 2 N–H and O–H groups in total. The zero-order chi connectivity index (χ0) is 15.1. The number of fused-ring (bicyclic) bond motifs is 1. The molecule has 21 heavy (non-hydrogen) atoms. The largest absolute Gasteiger partial charge is 0.454 e. The number of carbonyl (C=O) groups is 1. The number of benzene rings is 1. The molecular weight excluding hydrogens is 272 g/mol. The van der Waals surface area contributed by atoms with Gasteiger partial charge in [-0.05, 0) is 31.0 Å². The van der Waals surface area contributed by atoms with Crippen LogP contribution in [0.5, 0.6) is 11.5 Å². The van der Waals surface area contributed by atoms with Crippen molar-refractivity contribution in [1.29, 1.82) is 0 Å². The Bertz CT molecular complexity index is 479. The molecule has 0 radical (unpaired) electrons. The summed E-state index contributed by atoms with van der Waals surface area (Å²) in [7, 11) is 1.65. The van der Waals surface area contributed by atoms with Gasteiger partial charge in [0.05, 0.1) is 6.04 Å². The molecule has 6 nitrogen and oxygen atoms in total. The van der Waals surface area contributed by atoms with Gasteiger partial charge in [0.25, 0.3) is 0 Å². The third-order valence-electron chi connectivity index (χ3n) is 3.27. The van der Waals surface area contributed by atoms with E-state index in [1.165, 1.54) is 0 Å². The maximum absolute atomic E-state index is 11.9. The highest BCUT2D eigenvalue weighted by Gasteiger charge is 2.15. The van der Waals surface area contributed by atoms with Crippen LogP contribution in [0.4, 0.5) is 0 Å².